The van der Waals surface area contributed by atoms with Crippen LogP contribution in [-0.2, 0) is 9.47 Å². The molecule has 0 bridgehead atoms. The second kappa shape index (κ2) is 12.5. The molecule has 208 valence electrons. The van der Waals surface area contributed by atoms with Gasteiger partial charge in [-0.2, -0.15) is 0 Å². The number of alkyl halides is 1. The second-order valence-corrected chi connectivity index (χ2v) is 12.3. The van der Waals surface area contributed by atoms with E-state index >= 15 is 0 Å². The third-order valence-electron chi connectivity index (χ3n) is 6.78. The molecular formula is C26H39ClN2O7S. The van der Waals surface area contributed by atoms with Crippen LogP contribution in [0.5, 0.6) is 0 Å². The second-order valence-electron chi connectivity index (χ2n) is 10.7. The van der Waals surface area contributed by atoms with E-state index in [1.807, 2.05) is 32.9 Å². The van der Waals surface area contributed by atoms with E-state index in [0.717, 1.165) is 5.56 Å². The SMILES string of the molecule is CSC1OC(C(NC(=O)c2ccccc2C2CCN(C(=O)OC(C)(C)C)CC2)C(C)Cl)C(O)C(O)C1O. The van der Waals surface area contributed by atoms with Gasteiger partial charge in [-0.05, 0) is 64.3 Å². The fourth-order valence-electron chi connectivity index (χ4n) is 4.81. The summed E-state index contributed by atoms with van der Waals surface area (Å²) in [6, 6.07) is 6.48. The van der Waals surface area contributed by atoms with Crippen molar-refractivity contribution in [3.63, 3.8) is 0 Å². The number of nitrogens with zero attached hydrogens (tertiary/aromatic N) is 1. The summed E-state index contributed by atoms with van der Waals surface area (Å²) >= 11 is 7.62. The highest BCUT2D eigenvalue weighted by Gasteiger charge is 2.48. The summed E-state index contributed by atoms with van der Waals surface area (Å²) in [4.78, 5) is 27.6. The highest BCUT2D eigenvalue weighted by atomic mass is 35.5. The molecule has 0 aliphatic carbocycles. The number of aliphatic hydroxyl groups is 3. The number of carbonyl (C=O) groups excluding carboxylic acids is 2. The van der Waals surface area contributed by atoms with Gasteiger partial charge in [-0.15, -0.1) is 23.4 Å². The molecule has 3 rings (SSSR count). The van der Waals surface area contributed by atoms with Gasteiger partial charge < -0.3 is 35.0 Å². The van der Waals surface area contributed by atoms with Crippen molar-refractivity contribution in [1.82, 2.24) is 10.2 Å². The number of carbonyl (C=O) groups is 2. The predicted molar refractivity (Wildman–Crippen MR) is 143 cm³/mol. The lowest BCUT2D eigenvalue weighted by atomic mass is 9.86. The van der Waals surface area contributed by atoms with E-state index in [2.05, 4.69) is 5.32 Å². The monoisotopic (exact) mass is 558 g/mol. The van der Waals surface area contributed by atoms with Crippen molar-refractivity contribution < 1.29 is 34.4 Å². The van der Waals surface area contributed by atoms with Gasteiger partial charge in [0.25, 0.3) is 5.91 Å². The zero-order chi connectivity index (χ0) is 27.5. The predicted octanol–water partition coefficient (Wildman–Crippen LogP) is 2.70. The first kappa shape index (κ1) is 30.0. The normalized spacial score (nSPS) is 28.9. The zero-order valence-corrected chi connectivity index (χ0v) is 23.5. The van der Waals surface area contributed by atoms with Crippen LogP contribution in [0.15, 0.2) is 24.3 Å². The highest BCUT2D eigenvalue weighted by molar-refractivity contribution is 7.99. The lowest BCUT2D eigenvalue weighted by Crippen LogP contribution is -2.64. The number of piperidine rings is 1. The molecule has 0 spiro atoms. The lowest BCUT2D eigenvalue weighted by Gasteiger charge is -2.43. The molecule has 4 N–H and O–H groups in total. The number of likely N-dealkylation sites (tertiary alicyclic amines) is 1. The largest absolute Gasteiger partial charge is 0.444 e. The molecule has 2 amide bonds. The molecule has 2 heterocycles. The van der Waals surface area contributed by atoms with Crippen molar-refractivity contribution in [2.24, 2.45) is 0 Å². The van der Waals surface area contributed by atoms with Crippen LogP contribution in [0.4, 0.5) is 4.79 Å². The molecule has 7 atom stereocenters. The van der Waals surface area contributed by atoms with Crippen molar-refractivity contribution in [2.75, 3.05) is 19.3 Å². The van der Waals surface area contributed by atoms with Crippen molar-refractivity contribution >= 4 is 35.4 Å². The van der Waals surface area contributed by atoms with Gasteiger partial charge >= 0.3 is 6.09 Å². The van der Waals surface area contributed by atoms with Gasteiger partial charge in [0, 0.05) is 18.7 Å². The summed E-state index contributed by atoms with van der Waals surface area (Å²) in [6.07, 6.45) is -2.40. The summed E-state index contributed by atoms with van der Waals surface area (Å²) in [5.74, 6) is -0.304. The molecule has 37 heavy (non-hydrogen) atoms. The Morgan fingerprint density at radius 3 is 2.32 bits per heavy atom. The Morgan fingerprint density at radius 1 is 1.14 bits per heavy atom. The Labute approximate surface area is 227 Å². The van der Waals surface area contributed by atoms with Crippen LogP contribution in [-0.4, -0.2) is 98.4 Å². The van der Waals surface area contributed by atoms with Crippen molar-refractivity contribution in [1.29, 1.82) is 0 Å². The molecule has 11 heteroatoms. The van der Waals surface area contributed by atoms with Crippen LogP contribution in [0.25, 0.3) is 0 Å². The average Bonchev–Trinajstić information content (AvgIpc) is 2.85. The minimum Gasteiger partial charge on any atom is -0.444 e. The maximum absolute atomic E-state index is 13.5. The Kier molecular flexibility index (Phi) is 10.2. The Balaban J connectivity index is 1.73. The molecule has 7 unspecified atom stereocenters. The maximum atomic E-state index is 13.5. The Hall–Kier alpha value is -1.56. The number of amides is 2. The quantitative estimate of drug-likeness (QED) is 0.392. The number of aliphatic hydroxyl groups excluding tert-OH is 3. The van der Waals surface area contributed by atoms with E-state index < -0.39 is 46.9 Å². The first-order chi connectivity index (χ1) is 17.3. The molecule has 2 aliphatic heterocycles. The summed E-state index contributed by atoms with van der Waals surface area (Å²) in [5.41, 5.74) is 0.00905. The Bertz CT molecular complexity index is 934. The Morgan fingerprint density at radius 2 is 1.76 bits per heavy atom. The first-order valence-electron chi connectivity index (χ1n) is 12.6. The summed E-state index contributed by atoms with van der Waals surface area (Å²) in [5, 5.41) is 33.4. The topological polar surface area (TPSA) is 129 Å². The van der Waals surface area contributed by atoms with E-state index in [9.17, 15) is 24.9 Å². The minimum atomic E-state index is -1.44. The van der Waals surface area contributed by atoms with Gasteiger partial charge in [0.15, 0.2) is 0 Å². The van der Waals surface area contributed by atoms with Gasteiger partial charge in [0.2, 0.25) is 0 Å². The van der Waals surface area contributed by atoms with E-state index in [4.69, 9.17) is 21.1 Å². The molecule has 2 aliphatic rings. The lowest BCUT2D eigenvalue weighted by molar-refractivity contribution is -0.204. The van der Waals surface area contributed by atoms with Crippen LogP contribution >= 0.6 is 23.4 Å². The number of halogens is 1. The molecule has 9 nitrogen and oxygen atoms in total. The summed E-state index contributed by atoms with van der Waals surface area (Å²) < 4.78 is 11.3. The smallest absolute Gasteiger partial charge is 0.410 e. The minimum absolute atomic E-state index is 0.0712. The third-order valence-corrected chi connectivity index (χ3v) is 7.90. The fourth-order valence-corrected chi connectivity index (χ4v) is 5.70. The van der Waals surface area contributed by atoms with Crippen LogP contribution in [0.3, 0.4) is 0 Å². The van der Waals surface area contributed by atoms with Crippen LogP contribution in [0, 0.1) is 0 Å². The van der Waals surface area contributed by atoms with Crippen LogP contribution in [0.2, 0.25) is 0 Å². The standard InChI is InChI=1S/C26H39ClN2O7S/c1-14(27)18(22-20(31)19(30)21(32)24(35-22)37-5)28-23(33)17-9-7-6-8-16(17)15-10-12-29(13-11-15)25(34)36-26(2,3)4/h6-9,14-15,18-22,24,30-32H,10-13H2,1-5H3,(H,28,33). The van der Waals surface area contributed by atoms with Crippen LogP contribution < -0.4 is 5.32 Å². The molecular weight excluding hydrogens is 520 g/mol. The van der Waals surface area contributed by atoms with E-state index in [0.29, 0.717) is 31.5 Å². The van der Waals surface area contributed by atoms with Crippen molar-refractivity contribution in [2.45, 2.75) is 93.3 Å². The van der Waals surface area contributed by atoms with Gasteiger partial charge in [-0.3, -0.25) is 4.79 Å². The number of thioether (sulfide) groups is 1. The van der Waals surface area contributed by atoms with Gasteiger partial charge in [0.05, 0.1) is 11.4 Å². The fraction of sp³-hybridized carbons (Fsp3) is 0.692. The van der Waals surface area contributed by atoms with Gasteiger partial charge in [0.1, 0.15) is 35.5 Å². The molecule has 1 aromatic carbocycles. The van der Waals surface area contributed by atoms with Crippen LogP contribution in [0.1, 0.15) is 62.4 Å². The number of hydrogen-bond donors (Lipinski definition) is 4. The molecule has 0 radical (unpaired) electrons. The van der Waals surface area contributed by atoms with Crippen molar-refractivity contribution in [3.05, 3.63) is 35.4 Å². The number of rotatable bonds is 6. The summed E-state index contributed by atoms with van der Waals surface area (Å²) in [6.45, 7) is 8.23. The first-order valence-corrected chi connectivity index (χ1v) is 14.3. The zero-order valence-electron chi connectivity index (χ0n) is 22.0. The van der Waals surface area contributed by atoms with Crippen molar-refractivity contribution in [3.8, 4) is 0 Å². The highest BCUT2D eigenvalue weighted by Crippen LogP contribution is 2.33. The maximum Gasteiger partial charge on any atom is 0.410 e. The average molecular weight is 559 g/mol. The molecule has 2 fully saturated rings. The summed E-state index contributed by atoms with van der Waals surface area (Å²) in [7, 11) is 0. The van der Waals surface area contributed by atoms with Gasteiger partial charge in [-0.1, -0.05) is 18.2 Å². The molecule has 2 saturated heterocycles. The molecule has 0 saturated carbocycles. The van der Waals surface area contributed by atoms with E-state index in [-0.39, 0.29) is 17.9 Å². The number of benzene rings is 1. The molecule has 0 aromatic heterocycles. The number of ether oxygens (including phenoxy) is 2. The van der Waals surface area contributed by atoms with E-state index in [1.54, 1.807) is 30.2 Å². The third kappa shape index (κ3) is 7.30. The van der Waals surface area contributed by atoms with E-state index in [1.165, 1.54) is 11.8 Å². The number of hydrogen-bond acceptors (Lipinski definition) is 8. The molecule has 1 aromatic rings. The number of nitrogens with one attached hydrogen (secondary N) is 1. The van der Waals surface area contributed by atoms with Gasteiger partial charge in [-0.25, -0.2) is 4.79 Å².